The smallest absolute Gasteiger partial charge is 0.187 e. The highest BCUT2D eigenvalue weighted by atomic mass is 32.1. The van der Waals surface area contributed by atoms with Gasteiger partial charge in [-0.25, -0.2) is 4.98 Å². The molecular weight excluding hydrogens is 234 g/mol. The maximum Gasteiger partial charge on any atom is 0.187 e. The number of aryl methyl sites for hydroxylation is 1. The van der Waals surface area contributed by atoms with Crippen molar-refractivity contribution in [3.63, 3.8) is 0 Å². The highest BCUT2D eigenvalue weighted by molar-refractivity contribution is 7.15. The largest absolute Gasteiger partial charge is 0.497 e. The first-order valence-electron chi connectivity index (χ1n) is 5.00. The van der Waals surface area contributed by atoms with Crippen LogP contribution < -0.4 is 10.1 Å². The average molecular weight is 245 g/mol. The number of rotatable bonds is 3. The fourth-order valence-electron chi connectivity index (χ4n) is 1.38. The Morgan fingerprint density at radius 1 is 1.47 bits per heavy atom. The molecule has 2 rings (SSSR count). The third kappa shape index (κ3) is 2.55. The summed E-state index contributed by atoms with van der Waals surface area (Å²) < 4.78 is 5.13. The number of benzene rings is 1. The number of hydrogen-bond donors (Lipinski definition) is 1. The van der Waals surface area contributed by atoms with E-state index in [-0.39, 0.29) is 0 Å². The van der Waals surface area contributed by atoms with Crippen LogP contribution in [0.3, 0.4) is 0 Å². The molecule has 0 saturated carbocycles. The molecule has 1 aromatic heterocycles. The maximum atomic E-state index is 9.02. The molecule has 4 nitrogen and oxygen atoms in total. The summed E-state index contributed by atoms with van der Waals surface area (Å²) in [5.74, 6) is 0.708. The Balaban J connectivity index is 2.33. The molecule has 0 aliphatic carbocycles. The van der Waals surface area contributed by atoms with Crippen molar-refractivity contribution < 1.29 is 4.74 Å². The van der Waals surface area contributed by atoms with E-state index in [1.807, 2.05) is 6.92 Å². The number of nitrogens with zero attached hydrogens (tertiary/aromatic N) is 2. The van der Waals surface area contributed by atoms with Crippen molar-refractivity contribution in [1.29, 1.82) is 5.26 Å². The van der Waals surface area contributed by atoms with Crippen molar-refractivity contribution in [2.75, 3.05) is 12.4 Å². The van der Waals surface area contributed by atoms with Gasteiger partial charge in [0.25, 0.3) is 0 Å². The molecule has 0 radical (unpaired) electrons. The number of anilines is 2. The lowest BCUT2D eigenvalue weighted by Crippen LogP contribution is -1.94. The molecule has 5 heteroatoms. The Kier molecular flexibility index (Phi) is 3.26. The van der Waals surface area contributed by atoms with Crippen molar-refractivity contribution in [3.05, 3.63) is 34.8 Å². The first kappa shape index (κ1) is 11.4. The quantitative estimate of drug-likeness (QED) is 0.902. The Morgan fingerprint density at radius 3 is 2.88 bits per heavy atom. The lowest BCUT2D eigenvalue weighted by molar-refractivity contribution is 0.415. The molecular formula is C12H11N3OS. The van der Waals surface area contributed by atoms with E-state index in [1.54, 1.807) is 42.8 Å². The van der Waals surface area contributed by atoms with Gasteiger partial charge in [-0.15, -0.1) is 11.3 Å². The van der Waals surface area contributed by atoms with Crippen molar-refractivity contribution in [1.82, 2.24) is 4.98 Å². The van der Waals surface area contributed by atoms with Gasteiger partial charge in [0, 0.05) is 17.1 Å². The van der Waals surface area contributed by atoms with Crippen LogP contribution in [0.4, 0.5) is 10.8 Å². The van der Waals surface area contributed by atoms with Crippen molar-refractivity contribution in [3.8, 4) is 11.8 Å². The Morgan fingerprint density at radius 2 is 2.29 bits per heavy atom. The SMILES string of the molecule is COc1ccc(C#N)c(Nc2ncc(C)s2)c1. The molecule has 1 N–H and O–H groups in total. The van der Waals surface area contributed by atoms with Gasteiger partial charge in [-0.05, 0) is 19.1 Å². The molecule has 0 aliphatic heterocycles. The van der Waals surface area contributed by atoms with Gasteiger partial charge < -0.3 is 10.1 Å². The molecule has 17 heavy (non-hydrogen) atoms. The second-order valence-corrected chi connectivity index (χ2v) is 4.66. The molecule has 0 atom stereocenters. The third-order valence-corrected chi connectivity index (χ3v) is 3.04. The summed E-state index contributed by atoms with van der Waals surface area (Å²) in [5, 5.41) is 12.9. The van der Waals surface area contributed by atoms with Gasteiger partial charge in [0.05, 0.1) is 18.4 Å². The van der Waals surface area contributed by atoms with E-state index in [0.29, 0.717) is 17.0 Å². The minimum atomic E-state index is 0.568. The van der Waals surface area contributed by atoms with E-state index >= 15 is 0 Å². The summed E-state index contributed by atoms with van der Waals surface area (Å²) in [5.41, 5.74) is 1.28. The molecule has 0 bridgehead atoms. The van der Waals surface area contributed by atoms with Crippen LogP contribution in [0.25, 0.3) is 0 Å². The monoisotopic (exact) mass is 245 g/mol. The lowest BCUT2D eigenvalue weighted by Gasteiger charge is -2.07. The van der Waals surface area contributed by atoms with E-state index in [0.717, 1.165) is 10.0 Å². The van der Waals surface area contributed by atoms with E-state index in [2.05, 4.69) is 16.4 Å². The highest BCUT2D eigenvalue weighted by Crippen LogP contribution is 2.27. The van der Waals surface area contributed by atoms with E-state index in [4.69, 9.17) is 10.00 Å². The molecule has 1 aromatic carbocycles. The topological polar surface area (TPSA) is 57.9 Å². The van der Waals surface area contributed by atoms with Gasteiger partial charge in [-0.3, -0.25) is 0 Å². The fraction of sp³-hybridized carbons (Fsp3) is 0.167. The molecule has 0 amide bonds. The Bertz CT molecular complexity index is 571. The number of ether oxygens (including phenoxy) is 1. The zero-order chi connectivity index (χ0) is 12.3. The van der Waals surface area contributed by atoms with Gasteiger partial charge in [0.15, 0.2) is 5.13 Å². The molecule has 1 heterocycles. The lowest BCUT2D eigenvalue weighted by atomic mass is 10.2. The Hall–Kier alpha value is -2.06. The molecule has 0 spiro atoms. The second-order valence-electron chi connectivity index (χ2n) is 3.42. The molecule has 0 aliphatic rings. The summed E-state index contributed by atoms with van der Waals surface area (Å²) in [4.78, 5) is 5.32. The van der Waals surface area contributed by atoms with Gasteiger partial charge in [0.1, 0.15) is 11.8 Å². The summed E-state index contributed by atoms with van der Waals surface area (Å²) in [6.07, 6.45) is 1.79. The van der Waals surface area contributed by atoms with Crippen LogP contribution in [0.1, 0.15) is 10.4 Å². The predicted molar refractivity (Wildman–Crippen MR) is 67.8 cm³/mol. The first-order chi connectivity index (χ1) is 8.22. The minimum absolute atomic E-state index is 0.568. The predicted octanol–water partition coefficient (Wildman–Crippen LogP) is 3.08. The van der Waals surface area contributed by atoms with E-state index in [1.165, 1.54) is 0 Å². The maximum absolute atomic E-state index is 9.02. The van der Waals surface area contributed by atoms with Crippen LogP contribution >= 0.6 is 11.3 Å². The summed E-state index contributed by atoms with van der Waals surface area (Å²) in [6, 6.07) is 7.40. The number of methoxy groups -OCH3 is 1. The summed E-state index contributed by atoms with van der Waals surface area (Å²) >= 11 is 1.54. The second kappa shape index (κ2) is 4.85. The summed E-state index contributed by atoms with van der Waals surface area (Å²) in [6.45, 7) is 1.99. The normalized spacial score (nSPS) is 9.71. The highest BCUT2D eigenvalue weighted by Gasteiger charge is 2.06. The van der Waals surface area contributed by atoms with Crippen LogP contribution in [0, 0.1) is 18.3 Å². The molecule has 86 valence electrons. The van der Waals surface area contributed by atoms with Crippen molar-refractivity contribution >= 4 is 22.2 Å². The summed E-state index contributed by atoms with van der Waals surface area (Å²) in [7, 11) is 1.60. The van der Waals surface area contributed by atoms with E-state index < -0.39 is 0 Å². The zero-order valence-corrected chi connectivity index (χ0v) is 10.3. The number of hydrogen-bond acceptors (Lipinski definition) is 5. The van der Waals surface area contributed by atoms with Gasteiger partial charge in [-0.2, -0.15) is 5.26 Å². The van der Waals surface area contributed by atoms with Crippen molar-refractivity contribution in [2.45, 2.75) is 6.92 Å². The Labute approximate surface area is 103 Å². The van der Waals surface area contributed by atoms with Crippen molar-refractivity contribution in [2.24, 2.45) is 0 Å². The van der Waals surface area contributed by atoms with Crippen LogP contribution in [0.15, 0.2) is 24.4 Å². The standard InChI is InChI=1S/C12H11N3OS/c1-8-7-14-12(17-8)15-11-5-10(16-2)4-3-9(11)6-13/h3-5,7H,1-2H3,(H,14,15). The van der Waals surface area contributed by atoms with Crippen LogP contribution in [-0.4, -0.2) is 12.1 Å². The average Bonchev–Trinajstić information content (AvgIpc) is 2.74. The molecule has 0 unspecified atom stereocenters. The number of aromatic nitrogens is 1. The van der Waals surface area contributed by atoms with Crippen LogP contribution in [0.2, 0.25) is 0 Å². The number of nitriles is 1. The third-order valence-electron chi connectivity index (χ3n) is 2.21. The van der Waals surface area contributed by atoms with Crippen LogP contribution in [0.5, 0.6) is 5.75 Å². The molecule has 0 saturated heterocycles. The minimum Gasteiger partial charge on any atom is -0.497 e. The zero-order valence-electron chi connectivity index (χ0n) is 9.52. The number of thiazole rings is 1. The van der Waals surface area contributed by atoms with Gasteiger partial charge in [0.2, 0.25) is 0 Å². The first-order valence-corrected chi connectivity index (χ1v) is 5.82. The van der Waals surface area contributed by atoms with Crippen LogP contribution in [-0.2, 0) is 0 Å². The van der Waals surface area contributed by atoms with E-state index in [9.17, 15) is 0 Å². The molecule has 0 fully saturated rings. The fourth-order valence-corrected chi connectivity index (χ4v) is 2.06. The van der Waals surface area contributed by atoms with Gasteiger partial charge >= 0.3 is 0 Å². The molecule has 2 aromatic rings. The van der Waals surface area contributed by atoms with Gasteiger partial charge in [-0.1, -0.05) is 0 Å². The number of nitrogens with one attached hydrogen (secondary N) is 1.